The maximum Gasteiger partial charge on any atom is 0.189 e. The highest BCUT2D eigenvalue weighted by atomic mass is 16.5. The van der Waals surface area contributed by atoms with Crippen LogP contribution in [0.1, 0.15) is 47.7 Å². The number of piperidine rings is 1. The molecule has 0 amide bonds. The number of phenolic OH excluding ortho intramolecular Hbond substituents is 1. The van der Waals surface area contributed by atoms with Crippen molar-refractivity contribution in [3.8, 4) is 28.7 Å². The minimum Gasteiger partial charge on any atom is -0.507 e. The first-order valence-corrected chi connectivity index (χ1v) is 11.2. The second-order valence-electron chi connectivity index (χ2n) is 7.89. The Morgan fingerprint density at radius 1 is 0.939 bits per heavy atom. The molecule has 1 aliphatic rings. The quantitative estimate of drug-likeness (QED) is 0.411. The van der Waals surface area contributed by atoms with Gasteiger partial charge in [-0.25, -0.2) is 0 Å². The van der Waals surface area contributed by atoms with Crippen molar-refractivity contribution in [3.63, 3.8) is 0 Å². The van der Waals surface area contributed by atoms with Crippen LogP contribution in [0.25, 0.3) is 6.08 Å². The molecule has 1 aliphatic heterocycles. The van der Waals surface area contributed by atoms with Gasteiger partial charge in [0, 0.05) is 29.8 Å². The number of phenols is 1. The minimum atomic E-state index is -0.313. The van der Waals surface area contributed by atoms with Crippen molar-refractivity contribution < 1.29 is 28.8 Å². The van der Waals surface area contributed by atoms with Gasteiger partial charge in [0.25, 0.3) is 0 Å². The van der Waals surface area contributed by atoms with E-state index in [1.165, 1.54) is 25.3 Å². The summed E-state index contributed by atoms with van der Waals surface area (Å²) in [7, 11) is 4.64. The number of methoxy groups -OCH3 is 3. The van der Waals surface area contributed by atoms with Crippen LogP contribution in [0.3, 0.4) is 0 Å². The molecule has 0 saturated carbocycles. The summed E-state index contributed by atoms with van der Waals surface area (Å²) in [6.45, 7) is 5.12. The number of rotatable bonds is 10. The number of nitrogens with zero attached hydrogens (tertiary/aromatic N) is 1. The van der Waals surface area contributed by atoms with Crippen molar-refractivity contribution in [3.05, 3.63) is 47.0 Å². The number of hydrogen-bond acceptors (Lipinski definition) is 7. The van der Waals surface area contributed by atoms with Gasteiger partial charge in [-0.1, -0.05) is 6.42 Å². The first-order chi connectivity index (χ1) is 16.0. The molecular formula is C26H33NO6. The molecule has 2 aromatic rings. The number of allylic oxidation sites excluding steroid dienone is 1. The lowest BCUT2D eigenvalue weighted by Crippen LogP contribution is -2.29. The Balaban J connectivity index is 1.90. The molecule has 0 bridgehead atoms. The van der Waals surface area contributed by atoms with Crippen molar-refractivity contribution in [1.29, 1.82) is 0 Å². The van der Waals surface area contributed by atoms with Crippen molar-refractivity contribution in [1.82, 2.24) is 4.90 Å². The zero-order valence-electron chi connectivity index (χ0n) is 19.8. The van der Waals surface area contributed by atoms with Crippen LogP contribution < -0.4 is 18.9 Å². The maximum atomic E-state index is 13.0. The van der Waals surface area contributed by atoms with Crippen LogP contribution in [-0.4, -0.2) is 56.8 Å². The van der Waals surface area contributed by atoms with Crippen LogP contribution in [0.4, 0.5) is 0 Å². The fourth-order valence-corrected chi connectivity index (χ4v) is 4.02. The maximum absolute atomic E-state index is 13.0. The molecular weight excluding hydrogens is 422 g/mol. The predicted octanol–water partition coefficient (Wildman–Crippen LogP) is 4.70. The van der Waals surface area contributed by atoms with E-state index >= 15 is 0 Å². The molecule has 1 heterocycles. The highest BCUT2D eigenvalue weighted by Crippen LogP contribution is 2.36. The van der Waals surface area contributed by atoms with Crippen LogP contribution >= 0.6 is 0 Å². The lowest BCUT2D eigenvalue weighted by atomic mass is 10.0. The molecule has 7 nitrogen and oxygen atoms in total. The second-order valence-corrected chi connectivity index (χ2v) is 7.89. The zero-order chi connectivity index (χ0) is 23.8. The van der Waals surface area contributed by atoms with Gasteiger partial charge < -0.3 is 24.1 Å². The Morgan fingerprint density at radius 2 is 1.61 bits per heavy atom. The van der Waals surface area contributed by atoms with Crippen LogP contribution in [-0.2, 0) is 6.54 Å². The third-order valence-electron chi connectivity index (χ3n) is 5.74. The Morgan fingerprint density at radius 3 is 2.24 bits per heavy atom. The largest absolute Gasteiger partial charge is 0.507 e. The summed E-state index contributed by atoms with van der Waals surface area (Å²) in [5, 5.41) is 10.6. The monoisotopic (exact) mass is 455 g/mol. The number of ether oxygens (including phenoxy) is 4. The molecule has 178 valence electrons. The van der Waals surface area contributed by atoms with Crippen LogP contribution in [0.15, 0.2) is 30.3 Å². The summed E-state index contributed by atoms with van der Waals surface area (Å²) in [5.74, 6) is 1.80. The summed E-state index contributed by atoms with van der Waals surface area (Å²) in [4.78, 5) is 15.4. The van der Waals surface area contributed by atoms with E-state index in [2.05, 4.69) is 4.90 Å². The molecule has 0 spiro atoms. The number of ketones is 1. The highest BCUT2D eigenvalue weighted by Gasteiger charge is 2.18. The van der Waals surface area contributed by atoms with Gasteiger partial charge in [0.05, 0.1) is 33.5 Å². The molecule has 0 radical (unpaired) electrons. The van der Waals surface area contributed by atoms with E-state index in [-0.39, 0.29) is 17.1 Å². The average Bonchev–Trinajstić information content (AvgIpc) is 2.84. The van der Waals surface area contributed by atoms with Gasteiger partial charge in [-0.3, -0.25) is 9.69 Å². The molecule has 7 heteroatoms. The van der Waals surface area contributed by atoms with Crippen LogP contribution in [0, 0.1) is 0 Å². The molecule has 1 fully saturated rings. The highest BCUT2D eigenvalue weighted by molar-refractivity contribution is 6.09. The molecule has 0 aliphatic carbocycles. The van der Waals surface area contributed by atoms with E-state index in [9.17, 15) is 9.90 Å². The first-order valence-electron chi connectivity index (χ1n) is 11.2. The molecule has 33 heavy (non-hydrogen) atoms. The standard InChI is InChI=1S/C26H33NO6/c1-5-33-24-15-22(29)20(13-19(24)17-27-11-7-6-8-12-27)21(28)10-9-18-14-25(31-3)26(32-4)16-23(18)30-2/h9-10,13-16,29H,5-8,11-12,17H2,1-4H3/b10-9+. The minimum absolute atomic E-state index is 0.102. The van der Waals surface area contributed by atoms with Crippen molar-refractivity contribution in [2.75, 3.05) is 41.0 Å². The molecule has 0 aromatic heterocycles. The summed E-state index contributed by atoms with van der Waals surface area (Å²) in [5.41, 5.74) is 1.79. The number of carbonyl (C=O) groups excluding carboxylic acids is 1. The molecule has 3 rings (SSSR count). The molecule has 1 N–H and O–H groups in total. The van der Waals surface area contributed by atoms with Gasteiger partial charge in [0.1, 0.15) is 17.2 Å². The van der Waals surface area contributed by atoms with Gasteiger partial charge in [-0.2, -0.15) is 0 Å². The van der Waals surface area contributed by atoms with E-state index in [4.69, 9.17) is 18.9 Å². The van der Waals surface area contributed by atoms with Crippen LogP contribution in [0.2, 0.25) is 0 Å². The predicted molar refractivity (Wildman–Crippen MR) is 128 cm³/mol. The number of benzene rings is 2. The number of aromatic hydroxyl groups is 1. The Hall–Kier alpha value is -3.19. The van der Waals surface area contributed by atoms with E-state index in [0.29, 0.717) is 41.7 Å². The van der Waals surface area contributed by atoms with Gasteiger partial charge in [0.15, 0.2) is 17.3 Å². The van der Waals surface area contributed by atoms with E-state index in [0.717, 1.165) is 18.7 Å². The van der Waals surface area contributed by atoms with Crippen molar-refractivity contribution in [2.45, 2.75) is 32.7 Å². The first kappa shape index (κ1) is 24.5. The Kier molecular flexibility index (Phi) is 8.60. The lowest BCUT2D eigenvalue weighted by molar-refractivity contribution is 0.104. The van der Waals surface area contributed by atoms with E-state index in [1.807, 2.05) is 6.92 Å². The topological polar surface area (TPSA) is 77.5 Å². The SMILES string of the molecule is CCOc1cc(O)c(C(=O)/C=C/c2cc(OC)c(OC)cc2OC)cc1CN1CCCCC1. The van der Waals surface area contributed by atoms with Crippen LogP contribution in [0.5, 0.6) is 28.7 Å². The zero-order valence-corrected chi connectivity index (χ0v) is 19.8. The van der Waals surface area contributed by atoms with Gasteiger partial charge in [0.2, 0.25) is 0 Å². The van der Waals surface area contributed by atoms with Gasteiger partial charge >= 0.3 is 0 Å². The smallest absolute Gasteiger partial charge is 0.189 e. The molecule has 0 unspecified atom stereocenters. The van der Waals surface area contributed by atoms with Crippen molar-refractivity contribution >= 4 is 11.9 Å². The lowest BCUT2D eigenvalue weighted by Gasteiger charge is -2.27. The molecule has 1 saturated heterocycles. The summed E-state index contributed by atoms with van der Waals surface area (Å²) in [6.07, 6.45) is 6.65. The summed E-state index contributed by atoms with van der Waals surface area (Å²) >= 11 is 0. The Bertz CT molecular complexity index is 995. The third-order valence-corrected chi connectivity index (χ3v) is 5.74. The molecule has 0 atom stereocenters. The average molecular weight is 456 g/mol. The van der Waals surface area contributed by atoms with Crippen molar-refractivity contribution in [2.24, 2.45) is 0 Å². The number of carbonyl (C=O) groups is 1. The van der Waals surface area contributed by atoms with E-state index in [1.54, 1.807) is 51.7 Å². The second kappa shape index (κ2) is 11.6. The normalized spacial score (nSPS) is 14.3. The summed E-state index contributed by atoms with van der Waals surface area (Å²) < 4.78 is 21.8. The van der Waals surface area contributed by atoms with Gasteiger partial charge in [-0.05, 0) is 57.1 Å². The number of likely N-dealkylation sites (tertiary alicyclic amines) is 1. The summed E-state index contributed by atoms with van der Waals surface area (Å²) in [6, 6.07) is 6.73. The fraction of sp³-hybridized carbons (Fsp3) is 0.423. The van der Waals surface area contributed by atoms with Gasteiger partial charge in [-0.15, -0.1) is 0 Å². The molecule has 2 aromatic carbocycles. The number of hydrogen-bond donors (Lipinski definition) is 1. The third kappa shape index (κ3) is 5.99. The fourth-order valence-electron chi connectivity index (χ4n) is 4.02. The Labute approximate surface area is 195 Å². The van der Waals surface area contributed by atoms with E-state index < -0.39 is 0 Å².